The van der Waals surface area contributed by atoms with Gasteiger partial charge in [0.25, 0.3) is 10.0 Å². The van der Waals surface area contributed by atoms with Gasteiger partial charge in [-0.3, -0.25) is 4.72 Å². The van der Waals surface area contributed by atoms with Crippen LogP contribution in [-0.2, 0) is 14.8 Å². The largest absolute Gasteiger partial charge is 0.462 e. The molecule has 1 aromatic heterocycles. The van der Waals surface area contributed by atoms with Crippen LogP contribution >= 0.6 is 11.6 Å². The van der Waals surface area contributed by atoms with Gasteiger partial charge in [0.1, 0.15) is 5.82 Å². The zero-order valence-corrected chi connectivity index (χ0v) is 16.8. The van der Waals surface area contributed by atoms with E-state index in [2.05, 4.69) is 9.82 Å². The van der Waals surface area contributed by atoms with Crippen molar-refractivity contribution in [3.8, 4) is 5.69 Å². The Hall–Kier alpha value is -2.84. The molecule has 1 N–H and O–H groups in total. The Morgan fingerprint density at radius 3 is 2.39 bits per heavy atom. The van der Waals surface area contributed by atoms with Crippen LogP contribution in [0.3, 0.4) is 0 Å². The number of carbonyl (C=O) groups is 1. The van der Waals surface area contributed by atoms with Gasteiger partial charge in [0.05, 0.1) is 28.4 Å². The van der Waals surface area contributed by atoms with Gasteiger partial charge in [-0.05, 0) is 62.4 Å². The smallest absolute Gasteiger partial charge is 0.338 e. The zero-order chi connectivity index (χ0) is 20.3. The zero-order valence-electron chi connectivity index (χ0n) is 15.2. The lowest BCUT2D eigenvalue weighted by Crippen LogP contribution is -2.16. The fraction of sp³-hybridized carbons (Fsp3) is 0.158. The number of nitrogens with one attached hydrogen (secondary N) is 1. The molecular weight excluding hydrogens is 402 g/mol. The normalized spacial score (nSPS) is 11.2. The van der Waals surface area contributed by atoms with Gasteiger partial charge in [-0.2, -0.15) is 5.10 Å². The van der Waals surface area contributed by atoms with Crippen LogP contribution in [0.25, 0.3) is 5.69 Å². The summed E-state index contributed by atoms with van der Waals surface area (Å²) in [6, 6.07) is 14.0. The summed E-state index contributed by atoms with van der Waals surface area (Å²) in [7, 11) is -3.88. The molecule has 28 heavy (non-hydrogen) atoms. The maximum Gasteiger partial charge on any atom is 0.338 e. The third kappa shape index (κ3) is 4.35. The number of ether oxygens (including phenoxy) is 1. The van der Waals surface area contributed by atoms with Crippen molar-refractivity contribution in [2.75, 3.05) is 11.3 Å². The third-order valence-corrected chi connectivity index (χ3v) is 5.44. The van der Waals surface area contributed by atoms with Gasteiger partial charge < -0.3 is 4.74 Å². The van der Waals surface area contributed by atoms with Crippen molar-refractivity contribution >= 4 is 33.4 Å². The summed E-state index contributed by atoms with van der Waals surface area (Å²) in [5, 5.41) is 4.90. The van der Waals surface area contributed by atoms with Gasteiger partial charge in [0.15, 0.2) is 0 Å². The molecule has 3 aromatic rings. The van der Waals surface area contributed by atoms with Crippen molar-refractivity contribution in [3.05, 3.63) is 70.9 Å². The number of anilines is 1. The van der Waals surface area contributed by atoms with Crippen molar-refractivity contribution in [1.29, 1.82) is 0 Å². The maximum absolute atomic E-state index is 12.8. The van der Waals surface area contributed by atoms with Gasteiger partial charge in [-0.25, -0.2) is 17.9 Å². The number of hydrogen-bond donors (Lipinski definition) is 1. The first kappa shape index (κ1) is 19.9. The molecule has 0 aliphatic carbocycles. The van der Waals surface area contributed by atoms with Crippen LogP contribution in [0.15, 0.2) is 59.5 Å². The van der Waals surface area contributed by atoms with E-state index in [-0.39, 0.29) is 22.9 Å². The van der Waals surface area contributed by atoms with E-state index in [0.717, 1.165) is 0 Å². The summed E-state index contributed by atoms with van der Waals surface area (Å²) in [5.74, 6) is -0.217. The van der Waals surface area contributed by atoms with Crippen LogP contribution in [-0.4, -0.2) is 30.8 Å². The molecule has 0 saturated carbocycles. The minimum absolute atomic E-state index is 0.0158. The number of halogens is 1. The molecule has 0 unspecified atom stereocenters. The summed E-state index contributed by atoms with van der Waals surface area (Å²) >= 11 is 5.91. The highest BCUT2D eigenvalue weighted by Crippen LogP contribution is 2.22. The van der Waals surface area contributed by atoms with E-state index in [4.69, 9.17) is 16.3 Å². The SMILES string of the molecule is CCOC(=O)c1ccc(S(=O)(=O)Nc2cc(C)nn2-c2ccc(Cl)cc2)cc1. The maximum atomic E-state index is 12.8. The summed E-state index contributed by atoms with van der Waals surface area (Å²) in [6.07, 6.45) is 0. The second-order valence-electron chi connectivity index (χ2n) is 5.91. The molecule has 7 nitrogen and oxygen atoms in total. The molecule has 0 spiro atoms. The highest BCUT2D eigenvalue weighted by atomic mass is 35.5. The van der Waals surface area contributed by atoms with E-state index in [9.17, 15) is 13.2 Å². The number of carbonyl (C=O) groups excluding carboxylic acids is 1. The summed E-state index contributed by atoms with van der Waals surface area (Å²) in [4.78, 5) is 11.7. The van der Waals surface area contributed by atoms with Gasteiger partial charge in [0.2, 0.25) is 0 Å². The van der Waals surface area contributed by atoms with Crippen LogP contribution in [0.5, 0.6) is 0 Å². The number of nitrogens with zero attached hydrogens (tertiary/aromatic N) is 2. The van der Waals surface area contributed by atoms with Crippen molar-refractivity contribution in [1.82, 2.24) is 9.78 Å². The molecule has 9 heteroatoms. The van der Waals surface area contributed by atoms with E-state index >= 15 is 0 Å². The second-order valence-corrected chi connectivity index (χ2v) is 8.03. The Bertz CT molecular complexity index is 1090. The van der Waals surface area contributed by atoms with Gasteiger partial charge in [-0.15, -0.1) is 0 Å². The molecule has 0 aliphatic rings. The van der Waals surface area contributed by atoms with Crippen LogP contribution in [0, 0.1) is 6.92 Å². The minimum Gasteiger partial charge on any atom is -0.462 e. The van der Waals surface area contributed by atoms with E-state index < -0.39 is 16.0 Å². The molecule has 0 fully saturated rings. The number of aromatic nitrogens is 2. The number of benzene rings is 2. The summed E-state index contributed by atoms with van der Waals surface area (Å²) < 4.78 is 34.4. The standard InChI is InChI=1S/C19H18ClN3O4S/c1-3-27-19(24)14-4-10-17(11-5-14)28(25,26)22-18-12-13(2)21-23(18)16-8-6-15(20)7-9-16/h4-12,22H,3H2,1-2H3. The highest BCUT2D eigenvalue weighted by Gasteiger charge is 2.19. The Kier molecular flexibility index (Phi) is 5.71. The van der Waals surface area contributed by atoms with Crippen molar-refractivity contribution in [2.45, 2.75) is 18.7 Å². The van der Waals surface area contributed by atoms with Crippen molar-refractivity contribution in [3.63, 3.8) is 0 Å². The third-order valence-electron chi connectivity index (χ3n) is 3.82. The number of hydrogen-bond acceptors (Lipinski definition) is 5. The highest BCUT2D eigenvalue weighted by molar-refractivity contribution is 7.92. The average molecular weight is 420 g/mol. The topological polar surface area (TPSA) is 90.3 Å². The van der Waals surface area contributed by atoms with Crippen LogP contribution < -0.4 is 4.72 Å². The molecule has 0 radical (unpaired) electrons. The summed E-state index contributed by atoms with van der Waals surface area (Å²) in [5.41, 5.74) is 1.58. The fourth-order valence-corrected chi connectivity index (χ4v) is 3.69. The Morgan fingerprint density at radius 1 is 1.14 bits per heavy atom. The van der Waals surface area contributed by atoms with Gasteiger partial charge >= 0.3 is 5.97 Å². The molecule has 0 bridgehead atoms. The number of aryl methyl sites for hydroxylation is 1. The van der Waals surface area contributed by atoms with Crippen LogP contribution in [0.4, 0.5) is 5.82 Å². The Balaban J connectivity index is 1.89. The first-order chi connectivity index (χ1) is 13.3. The molecule has 0 atom stereocenters. The molecule has 1 heterocycles. The minimum atomic E-state index is -3.88. The second kappa shape index (κ2) is 8.04. The number of rotatable bonds is 6. The molecule has 0 saturated heterocycles. The lowest BCUT2D eigenvalue weighted by atomic mass is 10.2. The molecule has 0 amide bonds. The van der Waals surface area contributed by atoms with Crippen molar-refractivity contribution in [2.24, 2.45) is 0 Å². The van der Waals surface area contributed by atoms with E-state index in [1.807, 2.05) is 0 Å². The predicted molar refractivity (Wildman–Crippen MR) is 107 cm³/mol. The lowest BCUT2D eigenvalue weighted by Gasteiger charge is -2.11. The first-order valence-corrected chi connectivity index (χ1v) is 10.3. The van der Waals surface area contributed by atoms with E-state index in [1.165, 1.54) is 28.9 Å². The van der Waals surface area contributed by atoms with Crippen LogP contribution in [0.2, 0.25) is 5.02 Å². The molecule has 0 aliphatic heterocycles. The summed E-state index contributed by atoms with van der Waals surface area (Å²) in [6.45, 7) is 3.71. The number of sulfonamides is 1. The number of esters is 1. The van der Waals surface area contributed by atoms with Gasteiger partial charge in [-0.1, -0.05) is 11.6 Å². The quantitative estimate of drug-likeness (QED) is 0.613. The molecule has 146 valence electrons. The van der Waals surface area contributed by atoms with E-state index in [1.54, 1.807) is 44.2 Å². The predicted octanol–water partition coefficient (Wildman–Crippen LogP) is 3.81. The Labute approximate surface area is 168 Å². The molecular formula is C19H18ClN3O4S. The average Bonchev–Trinajstić information content (AvgIpc) is 3.02. The van der Waals surface area contributed by atoms with E-state index in [0.29, 0.717) is 16.4 Å². The Morgan fingerprint density at radius 2 is 1.79 bits per heavy atom. The monoisotopic (exact) mass is 419 g/mol. The van der Waals surface area contributed by atoms with Crippen LogP contribution in [0.1, 0.15) is 23.0 Å². The fourth-order valence-electron chi connectivity index (χ4n) is 2.53. The molecule has 2 aromatic carbocycles. The molecule has 3 rings (SSSR count). The first-order valence-electron chi connectivity index (χ1n) is 8.43. The van der Waals surface area contributed by atoms with Crippen molar-refractivity contribution < 1.29 is 17.9 Å². The van der Waals surface area contributed by atoms with Gasteiger partial charge in [0, 0.05) is 11.1 Å². The lowest BCUT2D eigenvalue weighted by molar-refractivity contribution is 0.0526.